The molecule has 0 spiro atoms. The maximum atomic E-state index is 8.17. The molecule has 0 saturated carbocycles. The van der Waals surface area contributed by atoms with Gasteiger partial charge < -0.3 is 9.80 Å². The zero-order chi connectivity index (χ0) is 28.4. The SMILES string of the molecule is [2H]C1([2H])N(c2ccc(Br)c([Si](C)(C)c3cc(N4C([2H])([2H])C([2H])([2H])C4([2H])[2H])ccc3Br)c2)C([2H])([2H])C1([2H])[2H]. The molecule has 0 unspecified atom stereocenters. The van der Waals surface area contributed by atoms with Gasteiger partial charge in [0.25, 0.3) is 0 Å². The minimum atomic E-state index is -2.76. The molecule has 0 atom stereocenters. The van der Waals surface area contributed by atoms with Gasteiger partial charge in [0, 0.05) is 62.8 Å². The van der Waals surface area contributed by atoms with Crippen LogP contribution >= 0.6 is 31.9 Å². The summed E-state index contributed by atoms with van der Waals surface area (Å²) in [5, 5.41) is 1.46. The highest BCUT2D eigenvalue weighted by molar-refractivity contribution is 9.11. The van der Waals surface area contributed by atoms with Gasteiger partial charge in [-0.05, 0) is 59.5 Å². The average molecular weight is 492 g/mol. The third-order valence-electron chi connectivity index (χ3n) is 4.43. The lowest BCUT2D eigenvalue weighted by Crippen LogP contribution is -2.54. The molecule has 4 rings (SSSR count). The van der Waals surface area contributed by atoms with E-state index in [1.807, 2.05) is 13.1 Å². The quantitative estimate of drug-likeness (QED) is 0.582. The summed E-state index contributed by atoms with van der Waals surface area (Å²) < 4.78 is 98.3. The normalized spacial score (nSPS) is 36.5. The summed E-state index contributed by atoms with van der Waals surface area (Å²) in [4.78, 5) is 1.58. The Bertz CT molecular complexity index is 1150. The summed E-state index contributed by atoms with van der Waals surface area (Å²) in [6.45, 7) is -6.39. The fourth-order valence-corrected chi connectivity index (χ4v) is 9.02. The van der Waals surface area contributed by atoms with Crippen LogP contribution in [-0.4, -0.2) is 34.1 Å². The van der Waals surface area contributed by atoms with Crippen molar-refractivity contribution in [2.45, 2.75) is 25.8 Å². The number of halogens is 2. The Labute approximate surface area is 185 Å². The van der Waals surface area contributed by atoms with Crippen molar-refractivity contribution in [1.29, 1.82) is 0 Å². The van der Waals surface area contributed by atoms with E-state index in [0.29, 0.717) is 8.95 Å². The van der Waals surface area contributed by atoms with Crippen LogP contribution in [0, 0.1) is 0 Å². The molecule has 2 aliphatic heterocycles. The van der Waals surface area contributed by atoms with Crippen molar-refractivity contribution in [3.63, 3.8) is 0 Å². The maximum Gasteiger partial charge on any atom is 0.115 e. The minimum Gasteiger partial charge on any atom is -0.371 e. The number of rotatable bonds is 4. The Hall–Kier alpha value is -0.783. The van der Waals surface area contributed by atoms with Gasteiger partial charge in [-0.25, -0.2) is 0 Å². The van der Waals surface area contributed by atoms with E-state index in [1.54, 1.807) is 24.3 Å². The standard InChI is InChI=1S/C20H24Br2N2Si/c1-25(2,19-13-15(5-7-17(19)21)23-9-3-10-23)20-14-16(6-8-18(20)22)24-11-4-12-24/h5-8,13-14H,3-4,9-12H2,1-2H3/i3D2,4D2,9D2,10D2,11D2,12D2. The molecule has 5 heteroatoms. The second-order valence-corrected chi connectivity index (χ2v) is 12.4. The Morgan fingerprint density at radius 3 is 1.60 bits per heavy atom. The molecular weight excluding hydrogens is 456 g/mol. The molecule has 0 aliphatic carbocycles. The third-order valence-corrected chi connectivity index (χ3v) is 10.1. The van der Waals surface area contributed by atoms with Crippen LogP contribution in [0.15, 0.2) is 45.3 Å². The highest BCUT2D eigenvalue weighted by atomic mass is 79.9. The number of benzene rings is 2. The van der Waals surface area contributed by atoms with Crippen molar-refractivity contribution >= 4 is 61.7 Å². The highest BCUT2D eigenvalue weighted by Crippen LogP contribution is 2.27. The molecule has 0 aromatic heterocycles. The van der Waals surface area contributed by atoms with Crippen molar-refractivity contribution in [2.75, 3.05) is 35.8 Å². The third kappa shape index (κ3) is 3.19. The van der Waals surface area contributed by atoms with Crippen molar-refractivity contribution in [3.8, 4) is 0 Å². The lowest BCUT2D eigenvalue weighted by atomic mass is 10.2. The number of hydrogen-bond acceptors (Lipinski definition) is 2. The Kier molecular flexibility index (Phi) is 2.29. The molecule has 2 nitrogen and oxygen atoms in total. The van der Waals surface area contributed by atoms with Gasteiger partial charge in [0.05, 0.1) is 0 Å². The first kappa shape index (κ1) is 8.49. The van der Waals surface area contributed by atoms with E-state index in [2.05, 4.69) is 31.9 Å². The first-order chi connectivity index (χ1) is 16.5. The highest BCUT2D eigenvalue weighted by Gasteiger charge is 2.32. The largest absolute Gasteiger partial charge is 0.371 e. The van der Waals surface area contributed by atoms with E-state index >= 15 is 0 Å². The first-order valence-electron chi connectivity index (χ1n) is 13.7. The summed E-state index contributed by atoms with van der Waals surface area (Å²) >= 11 is 7.08. The second-order valence-electron chi connectivity index (χ2n) is 6.32. The lowest BCUT2D eigenvalue weighted by Gasteiger charge is -2.36. The van der Waals surface area contributed by atoms with E-state index in [1.165, 1.54) is 12.1 Å². The van der Waals surface area contributed by atoms with Crippen LogP contribution in [0.25, 0.3) is 0 Å². The molecule has 2 aliphatic rings. The molecule has 0 radical (unpaired) electrons. The van der Waals surface area contributed by atoms with Crippen molar-refractivity contribution in [3.05, 3.63) is 45.3 Å². The monoisotopic (exact) mass is 490 g/mol. The smallest absolute Gasteiger partial charge is 0.115 e. The molecule has 0 amide bonds. The fraction of sp³-hybridized carbons (Fsp3) is 0.400. The van der Waals surface area contributed by atoms with Crippen molar-refractivity contribution < 1.29 is 16.4 Å². The number of nitrogens with zero attached hydrogens (tertiary/aromatic N) is 2. The predicted molar refractivity (Wildman–Crippen MR) is 119 cm³/mol. The lowest BCUT2D eigenvalue weighted by molar-refractivity contribution is 0.618. The molecule has 0 N–H and O–H groups in total. The summed E-state index contributed by atoms with van der Waals surface area (Å²) in [6, 6.07) is 9.58. The van der Waals surface area contributed by atoms with Gasteiger partial charge in [0.15, 0.2) is 0 Å². The molecule has 2 aromatic rings. The van der Waals surface area contributed by atoms with Gasteiger partial charge in [-0.2, -0.15) is 0 Å². The van der Waals surface area contributed by atoms with Crippen LogP contribution in [0.1, 0.15) is 29.2 Å². The molecule has 0 bridgehead atoms. The van der Waals surface area contributed by atoms with Gasteiger partial charge in [-0.15, -0.1) is 0 Å². The Morgan fingerprint density at radius 1 is 0.800 bits per heavy atom. The summed E-state index contributed by atoms with van der Waals surface area (Å²) in [5.74, 6) is 0. The molecule has 132 valence electrons. The van der Waals surface area contributed by atoms with Crippen LogP contribution < -0.4 is 20.2 Å². The second kappa shape index (κ2) is 6.75. The molecule has 25 heavy (non-hydrogen) atoms. The molecule has 2 fully saturated rings. The Balaban J connectivity index is 1.82. The van der Waals surface area contributed by atoms with E-state index in [0.717, 1.165) is 20.2 Å². The van der Waals surface area contributed by atoms with Crippen LogP contribution in [0.5, 0.6) is 0 Å². The average Bonchev–Trinajstić information content (AvgIpc) is 2.74. The van der Waals surface area contributed by atoms with E-state index in [4.69, 9.17) is 16.4 Å². The van der Waals surface area contributed by atoms with Gasteiger partial charge in [-0.1, -0.05) is 45.0 Å². The van der Waals surface area contributed by atoms with Crippen LogP contribution in [0.4, 0.5) is 11.4 Å². The number of anilines is 2. The molecule has 2 aromatic carbocycles. The summed E-state index contributed by atoms with van der Waals surface area (Å²) in [7, 11) is -2.76. The summed E-state index contributed by atoms with van der Waals surface area (Å²) in [5.41, 5.74) is 0.333. The van der Waals surface area contributed by atoms with Gasteiger partial charge in [0.2, 0.25) is 0 Å². The fourth-order valence-electron chi connectivity index (χ4n) is 2.89. The van der Waals surface area contributed by atoms with E-state index in [9.17, 15) is 0 Å². The van der Waals surface area contributed by atoms with Crippen molar-refractivity contribution in [2.24, 2.45) is 0 Å². The van der Waals surface area contributed by atoms with Crippen LogP contribution in [0.3, 0.4) is 0 Å². The molecular formula is C20H24Br2N2Si. The zero-order valence-corrected chi connectivity index (χ0v) is 17.8. The van der Waals surface area contributed by atoms with Crippen LogP contribution in [-0.2, 0) is 0 Å². The predicted octanol–water partition coefficient (Wildman–Crippen LogP) is 4.45. The molecule has 2 heterocycles. The van der Waals surface area contributed by atoms with Gasteiger partial charge >= 0.3 is 0 Å². The Morgan fingerprint density at radius 2 is 1.20 bits per heavy atom. The number of hydrogen-bond donors (Lipinski definition) is 0. The maximum absolute atomic E-state index is 8.17. The van der Waals surface area contributed by atoms with E-state index < -0.39 is 46.8 Å². The minimum absolute atomic E-state index is 0.166. The zero-order valence-electron chi connectivity index (χ0n) is 25.6. The van der Waals surface area contributed by atoms with Crippen LogP contribution in [0.2, 0.25) is 13.1 Å². The van der Waals surface area contributed by atoms with E-state index in [-0.39, 0.29) is 11.4 Å². The molecule has 2 saturated heterocycles. The van der Waals surface area contributed by atoms with Gasteiger partial charge in [-0.3, -0.25) is 0 Å². The topological polar surface area (TPSA) is 6.48 Å². The summed E-state index contributed by atoms with van der Waals surface area (Å²) in [6.07, 6.45) is -5.45. The van der Waals surface area contributed by atoms with Gasteiger partial charge in [0.1, 0.15) is 8.07 Å². The van der Waals surface area contributed by atoms with Crippen molar-refractivity contribution in [1.82, 2.24) is 0 Å². The first-order valence-corrected chi connectivity index (χ1v) is 12.3.